The normalized spacial score (nSPS) is 12.9. The van der Waals surface area contributed by atoms with Gasteiger partial charge < -0.3 is 5.11 Å². The van der Waals surface area contributed by atoms with E-state index in [0.29, 0.717) is 6.42 Å². The molecular formula is C10H16O2. The zero-order valence-corrected chi connectivity index (χ0v) is 7.87. The summed E-state index contributed by atoms with van der Waals surface area (Å²) in [5.41, 5.74) is 1.16. The van der Waals surface area contributed by atoms with Crippen molar-refractivity contribution in [1.29, 1.82) is 0 Å². The Bertz CT molecular complexity index is 198. The Balaban J connectivity index is 4.15. The summed E-state index contributed by atoms with van der Waals surface area (Å²) in [6.45, 7) is 5.77. The summed E-state index contributed by atoms with van der Waals surface area (Å²) >= 11 is 0. The van der Waals surface area contributed by atoms with Crippen LogP contribution in [0.4, 0.5) is 0 Å². The smallest absolute Gasteiger partial charge is 0.310 e. The number of carbonyl (C=O) groups is 1. The van der Waals surface area contributed by atoms with E-state index in [1.54, 1.807) is 12.2 Å². The molecule has 0 aliphatic heterocycles. The van der Waals surface area contributed by atoms with Crippen molar-refractivity contribution in [3.05, 3.63) is 23.8 Å². The summed E-state index contributed by atoms with van der Waals surface area (Å²) in [6.07, 6.45) is 6.01. The molecule has 2 heteroatoms. The predicted molar refractivity (Wildman–Crippen MR) is 50.0 cm³/mol. The third kappa shape index (κ3) is 4.72. The molecule has 0 aliphatic rings. The molecule has 0 spiro atoms. The Kier molecular flexibility index (Phi) is 5.09. The molecule has 0 saturated carbocycles. The minimum Gasteiger partial charge on any atom is -0.481 e. The lowest BCUT2D eigenvalue weighted by atomic mass is 10.0. The van der Waals surface area contributed by atoms with Crippen molar-refractivity contribution in [2.24, 2.45) is 5.92 Å². The average Bonchev–Trinajstić information content (AvgIpc) is 1.96. The van der Waals surface area contributed by atoms with Gasteiger partial charge in [-0.1, -0.05) is 23.8 Å². The second-order valence-electron chi connectivity index (χ2n) is 2.99. The van der Waals surface area contributed by atoms with Gasteiger partial charge in [-0.2, -0.15) is 0 Å². The SMILES string of the molecule is CC=CC(CC=C(C)C)C(=O)O. The molecule has 0 aliphatic carbocycles. The summed E-state index contributed by atoms with van der Waals surface area (Å²) in [4.78, 5) is 10.6. The molecule has 0 rings (SSSR count). The maximum atomic E-state index is 10.6. The van der Waals surface area contributed by atoms with Crippen molar-refractivity contribution >= 4 is 5.97 Å². The Morgan fingerprint density at radius 1 is 1.50 bits per heavy atom. The van der Waals surface area contributed by atoms with Crippen LogP contribution in [0.1, 0.15) is 27.2 Å². The lowest BCUT2D eigenvalue weighted by molar-refractivity contribution is -0.139. The van der Waals surface area contributed by atoms with Gasteiger partial charge in [0.2, 0.25) is 0 Å². The third-order valence-electron chi connectivity index (χ3n) is 1.52. The van der Waals surface area contributed by atoms with Gasteiger partial charge in [-0.05, 0) is 27.2 Å². The van der Waals surface area contributed by atoms with Gasteiger partial charge in [0.25, 0.3) is 0 Å². The first-order valence-electron chi connectivity index (χ1n) is 4.07. The van der Waals surface area contributed by atoms with E-state index >= 15 is 0 Å². The van der Waals surface area contributed by atoms with Gasteiger partial charge in [0.05, 0.1) is 5.92 Å². The average molecular weight is 168 g/mol. The van der Waals surface area contributed by atoms with Gasteiger partial charge in [-0.15, -0.1) is 0 Å². The minimum absolute atomic E-state index is 0.370. The molecule has 0 saturated heterocycles. The fraction of sp³-hybridized carbons (Fsp3) is 0.500. The molecule has 0 aromatic rings. The number of hydrogen-bond acceptors (Lipinski definition) is 1. The Morgan fingerprint density at radius 3 is 2.42 bits per heavy atom. The summed E-state index contributed by atoms with van der Waals surface area (Å²) in [6, 6.07) is 0. The number of carboxylic acid groups (broad SMARTS) is 1. The van der Waals surface area contributed by atoms with Crippen LogP contribution in [0, 0.1) is 5.92 Å². The van der Waals surface area contributed by atoms with E-state index in [9.17, 15) is 4.79 Å². The first kappa shape index (κ1) is 11.0. The van der Waals surface area contributed by atoms with Gasteiger partial charge in [-0.3, -0.25) is 4.79 Å². The highest BCUT2D eigenvalue weighted by Gasteiger charge is 2.10. The number of allylic oxidation sites excluding steroid dienone is 3. The Hall–Kier alpha value is -1.05. The lowest BCUT2D eigenvalue weighted by Gasteiger charge is -2.03. The van der Waals surface area contributed by atoms with E-state index in [2.05, 4.69) is 0 Å². The van der Waals surface area contributed by atoms with Gasteiger partial charge >= 0.3 is 5.97 Å². The van der Waals surface area contributed by atoms with E-state index in [1.165, 1.54) is 0 Å². The largest absolute Gasteiger partial charge is 0.481 e. The first-order chi connectivity index (χ1) is 5.57. The zero-order chi connectivity index (χ0) is 9.56. The van der Waals surface area contributed by atoms with Gasteiger partial charge in [0.15, 0.2) is 0 Å². The molecular weight excluding hydrogens is 152 g/mol. The highest BCUT2D eigenvalue weighted by molar-refractivity contribution is 5.72. The molecule has 12 heavy (non-hydrogen) atoms. The van der Waals surface area contributed by atoms with Crippen LogP contribution in [0.25, 0.3) is 0 Å². The van der Waals surface area contributed by atoms with E-state index in [1.807, 2.05) is 26.8 Å². The number of aliphatic carboxylic acids is 1. The maximum Gasteiger partial charge on any atom is 0.310 e. The molecule has 0 aromatic heterocycles. The molecule has 0 aromatic carbocycles. The second-order valence-corrected chi connectivity index (χ2v) is 2.99. The van der Waals surface area contributed by atoms with Crippen molar-refractivity contribution in [2.45, 2.75) is 27.2 Å². The topological polar surface area (TPSA) is 37.3 Å². The van der Waals surface area contributed by atoms with Crippen molar-refractivity contribution in [1.82, 2.24) is 0 Å². The van der Waals surface area contributed by atoms with Gasteiger partial charge in [-0.25, -0.2) is 0 Å². The molecule has 0 amide bonds. The Labute approximate surface area is 73.6 Å². The molecule has 1 N–H and O–H groups in total. The van der Waals surface area contributed by atoms with E-state index < -0.39 is 5.97 Å². The van der Waals surface area contributed by atoms with E-state index in [-0.39, 0.29) is 5.92 Å². The molecule has 0 bridgehead atoms. The standard InChI is InChI=1S/C10H16O2/c1-4-5-9(10(11)12)7-6-8(2)3/h4-6,9H,7H2,1-3H3,(H,11,12). The van der Waals surface area contributed by atoms with E-state index in [4.69, 9.17) is 5.11 Å². The molecule has 1 atom stereocenters. The molecule has 0 radical (unpaired) electrons. The molecule has 1 unspecified atom stereocenters. The van der Waals surface area contributed by atoms with Gasteiger partial charge in [0, 0.05) is 0 Å². The highest BCUT2D eigenvalue weighted by Crippen LogP contribution is 2.08. The number of rotatable bonds is 4. The van der Waals surface area contributed by atoms with Crippen LogP contribution in [0.2, 0.25) is 0 Å². The van der Waals surface area contributed by atoms with Crippen LogP contribution in [0.3, 0.4) is 0 Å². The first-order valence-corrected chi connectivity index (χ1v) is 4.07. The van der Waals surface area contributed by atoms with Crippen LogP contribution < -0.4 is 0 Å². The maximum absolute atomic E-state index is 10.6. The van der Waals surface area contributed by atoms with Crippen molar-refractivity contribution < 1.29 is 9.90 Å². The third-order valence-corrected chi connectivity index (χ3v) is 1.52. The molecule has 0 fully saturated rings. The Morgan fingerprint density at radius 2 is 2.08 bits per heavy atom. The lowest BCUT2D eigenvalue weighted by Crippen LogP contribution is -2.09. The molecule has 68 valence electrons. The minimum atomic E-state index is -0.759. The highest BCUT2D eigenvalue weighted by atomic mass is 16.4. The van der Waals surface area contributed by atoms with Crippen LogP contribution in [-0.2, 0) is 4.79 Å². The summed E-state index contributed by atoms with van der Waals surface area (Å²) in [7, 11) is 0. The predicted octanol–water partition coefficient (Wildman–Crippen LogP) is 2.62. The zero-order valence-electron chi connectivity index (χ0n) is 7.87. The summed E-state index contributed by atoms with van der Waals surface area (Å²) in [5, 5.41) is 8.74. The monoisotopic (exact) mass is 168 g/mol. The van der Waals surface area contributed by atoms with Crippen molar-refractivity contribution in [2.75, 3.05) is 0 Å². The van der Waals surface area contributed by atoms with Gasteiger partial charge in [0.1, 0.15) is 0 Å². The molecule has 0 heterocycles. The van der Waals surface area contributed by atoms with Crippen LogP contribution in [-0.4, -0.2) is 11.1 Å². The number of hydrogen-bond donors (Lipinski definition) is 1. The summed E-state index contributed by atoms with van der Waals surface area (Å²) < 4.78 is 0. The fourth-order valence-corrected chi connectivity index (χ4v) is 0.857. The molecule has 2 nitrogen and oxygen atoms in total. The fourth-order valence-electron chi connectivity index (χ4n) is 0.857. The van der Waals surface area contributed by atoms with Crippen molar-refractivity contribution in [3.63, 3.8) is 0 Å². The van der Waals surface area contributed by atoms with Crippen LogP contribution >= 0.6 is 0 Å². The quantitative estimate of drug-likeness (QED) is 0.655. The van der Waals surface area contributed by atoms with E-state index in [0.717, 1.165) is 5.57 Å². The van der Waals surface area contributed by atoms with Crippen LogP contribution in [0.5, 0.6) is 0 Å². The second kappa shape index (κ2) is 5.58. The van der Waals surface area contributed by atoms with Crippen molar-refractivity contribution in [3.8, 4) is 0 Å². The van der Waals surface area contributed by atoms with Crippen LogP contribution in [0.15, 0.2) is 23.8 Å². The number of carboxylic acids is 1. The summed E-state index contributed by atoms with van der Waals surface area (Å²) in [5.74, 6) is -1.13.